The lowest BCUT2D eigenvalue weighted by Crippen LogP contribution is -2.35. The SMILES string of the molecule is COc1cncc(S(=O)(=O)N(CC(=O)O)Cc2ccccn2)c1. The molecule has 8 nitrogen and oxygen atoms in total. The summed E-state index contributed by atoms with van der Waals surface area (Å²) in [6, 6.07) is 6.29. The van der Waals surface area contributed by atoms with Crippen molar-refractivity contribution in [2.24, 2.45) is 0 Å². The molecular weight excluding hydrogens is 322 g/mol. The Morgan fingerprint density at radius 3 is 2.74 bits per heavy atom. The molecule has 122 valence electrons. The zero-order valence-corrected chi connectivity index (χ0v) is 13.1. The summed E-state index contributed by atoms with van der Waals surface area (Å²) in [4.78, 5) is 18.7. The van der Waals surface area contributed by atoms with Gasteiger partial charge in [-0.15, -0.1) is 0 Å². The highest BCUT2D eigenvalue weighted by atomic mass is 32.2. The lowest BCUT2D eigenvalue weighted by Gasteiger charge is -2.20. The smallest absolute Gasteiger partial charge is 0.318 e. The third-order valence-electron chi connectivity index (χ3n) is 2.94. The molecule has 0 spiro atoms. The number of methoxy groups -OCH3 is 1. The van der Waals surface area contributed by atoms with E-state index in [-0.39, 0.29) is 17.2 Å². The maximum absolute atomic E-state index is 12.7. The summed E-state index contributed by atoms with van der Waals surface area (Å²) in [6.07, 6.45) is 4.01. The van der Waals surface area contributed by atoms with E-state index in [0.717, 1.165) is 10.5 Å². The highest BCUT2D eigenvalue weighted by molar-refractivity contribution is 7.89. The van der Waals surface area contributed by atoms with Crippen molar-refractivity contribution in [1.82, 2.24) is 14.3 Å². The molecule has 0 bridgehead atoms. The number of hydrogen-bond acceptors (Lipinski definition) is 6. The zero-order chi connectivity index (χ0) is 16.9. The van der Waals surface area contributed by atoms with Crippen LogP contribution in [0.1, 0.15) is 5.69 Å². The molecule has 9 heteroatoms. The van der Waals surface area contributed by atoms with E-state index in [2.05, 4.69) is 9.97 Å². The van der Waals surface area contributed by atoms with E-state index in [1.165, 1.54) is 25.6 Å². The second-order valence-corrected chi connectivity index (χ2v) is 6.49. The monoisotopic (exact) mass is 337 g/mol. The van der Waals surface area contributed by atoms with E-state index in [1.54, 1.807) is 18.2 Å². The largest absolute Gasteiger partial charge is 0.495 e. The van der Waals surface area contributed by atoms with Crippen LogP contribution >= 0.6 is 0 Å². The normalized spacial score (nSPS) is 11.4. The molecule has 0 amide bonds. The molecule has 0 aliphatic heterocycles. The van der Waals surface area contributed by atoms with Gasteiger partial charge in [0.2, 0.25) is 10.0 Å². The number of pyridine rings is 2. The van der Waals surface area contributed by atoms with Crippen molar-refractivity contribution < 1.29 is 23.1 Å². The average Bonchev–Trinajstić information content (AvgIpc) is 2.55. The molecule has 0 saturated heterocycles. The molecule has 2 aromatic heterocycles. The molecule has 0 saturated carbocycles. The molecule has 2 heterocycles. The summed E-state index contributed by atoms with van der Waals surface area (Å²) in [7, 11) is -2.67. The first-order valence-electron chi connectivity index (χ1n) is 6.54. The molecule has 0 aromatic carbocycles. The molecule has 1 N–H and O–H groups in total. The maximum atomic E-state index is 12.7. The van der Waals surface area contributed by atoms with Crippen molar-refractivity contribution >= 4 is 16.0 Å². The summed E-state index contributed by atoms with van der Waals surface area (Å²) >= 11 is 0. The topological polar surface area (TPSA) is 110 Å². The van der Waals surface area contributed by atoms with Gasteiger partial charge in [0.1, 0.15) is 17.2 Å². The second-order valence-electron chi connectivity index (χ2n) is 4.55. The van der Waals surface area contributed by atoms with Gasteiger partial charge in [0.05, 0.1) is 25.5 Å². The molecule has 23 heavy (non-hydrogen) atoms. The van der Waals surface area contributed by atoms with Crippen LogP contribution in [-0.4, -0.2) is 47.4 Å². The Morgan fingerprint density at radius 1 is 1.35 bits per heavy atom. The first-order valence-corrected chi connectivity index (χ1v) is 7.98. The van der Waals surface area contributed by atoms with Crippen LogP contribution in [0, 0.1) is 0 Å². The third-order valence-corrected chi connectivity index (χ3v) is 4.69. The average molecular weight is 337 g/mol. The van der Waals surface area contributed by atoms with E-state index in [4.69, 9.17) is 9.84 Å². The van der Waals surface area contributed by atoms with Gasteiger partial charge in [-0.05, 0) is 12.1 Å². The van der Waals surface area contributed by atoms with Gasteiger partial charge in [0.25, 0.3) is 0 Å². The Hall–Kier alpha value is -2.52. The Balaban J connectivity index is 2.38. The number of aromatic nitrogens is 2. The Morgan fingerprint density at radius 2 is 2.13 bits per heavy atom. The Bertz CT molecular complexity index is 780. The minimum atomic E-state index is -4.06. The fourth-order valence-corrected chi connectivity index (χ4v) is 3.19. The first kappa shape index (κ1) is 16.8. The molecule has 0 radical (unpaired) electrons. The van der Waals surface area contributed by atoms with Crippen molar-refractivity contribution in [2.75, 3.05) is 13.7 Å². The molecule has 0 aliphatic carbocycles. The molecule has 0 aliphatic rings. The van der Waals surface area contributed by atoms with Crippen LogP contribution in [-0.2, 0) is 21.4 Å². The van der Waals surface area contributed by atoms with Crippen LogP contribution in [0.25, 0.3) is 0 Å². The lowest BCUT2D eigenvalue weighted by atomic mass is 10.3. The summed E-state index contributed by atoms with van der Waals surface area (Å²) in [6.45, 7) is -0.844. The van der Waals surface area contributed by atoms with Crippen molar-refractivity contribution in [2.45, 2.75) is 11.4 Å². The fourth-order valence-electron chi connectivity index (χ4n) is 1.85. The van der Waals surface area contributed by atoms with Gasteiger partial charge >= 0.3 is 5.97 Å². The van der Waals surface area contributed by atoms with Gasteiger partial charge in [-0.3, -0.25) is 14.8 Å². The summed E-state index contributed by atoms with van der Waals surface area (Å²) in [5, 5.41) is 9.01. The van der Waals surface area contributed by atoms with E-state index in [9.17, 15) is 13.2 Å². The molecule has 2 rings (SSSR count). The minimum Gasteiger partial charge on any atom is -0.495 e. The number of carboxylic acids is 1. The maximum Gasteiger partial charge on any atom is 0.318 e. The molecular formula is C14H15N3O5S. The number of sulfonamides is 1. The second kappa shape index (κ2) is 7.16. The highest BCUT2D eigenvalue weighted by Gasteiger charge is 2.28. The third kappa shape index (κ3) is 4.24. The Labute approximate surface area is 133 Å². The van der Waals surface area contributed by atoms with E-state index < -0.39 is 22.5 Å². The van der Waals surface area contributed by atoms with Gasteiger partial charge in [0, 0.05) is 18.5 Å². The number of carbonyl (C=O) groups is 1. The minimum absolute atomic E-state index is 0.144. The van der Waals surface area contributed by atoms with E-state index >= 15 is 0 Å². The van der Waals surface area contributed by atoms with Crippen molar-refractivity contribution in [3.05, 3.63) is 48.5 Å². The predicted octanol–water partition coefficient (Wildman–Crippen LogP) is 0.761. The molecule has 0 atom stereocenters. The lowest BCUT2D eigenvalue weighted by molar-refractivity contribution is -0.137. The highest BCUT2D eigenvalue weighted by Crippen LogP contribution is 2.20. The van der Waals surface area contributed by atoms with Crippen LogP contribution in [0.4, 0.5) is 0 Å². The van der Waals surface area contributed by atoms with Gasteiger partial charge in [-0.2, -0.15) is 4.31 Å². The van der Waals surface area contributed by atoms with Crippen LogP contribution < -0.4 is 4.74 Å². The number of carboxylic acid groups (broad SMARTS) is 1. The number of hydrogen-bond donors (Lipinski definition) is 1. The summed E-state index contributed by atoms with van der Waals surface area (Å²) in [5.74, 6) is -1.00. The van der Waals surface area contributed by atoms with E-state index in [0.29, 0.717) is 5.69 Å². The van der Waals surface area contributed by atoms with Crippen LogP contribution in [0.2, 0.25) is 0 Å². The number of ether oxygens (including phenoxy) is 1. The van der Waals surface area contributed by atoms with Gasteiger partial charge in [0.15, 0.2) is 0 Å². The molecule has 0 unspecified atom stereocenters. The summed E-state index contributed by atoms with van der Waals surface area (Å²) in [5.41, 5.74) is 0.438. The Kier molecular flexibility index (Phi) is 5.24. The van der Waals surface area contributed by atoms with Crippen molar-refractivity contribution in [1.29, 1.82) is 0 Å². The van der Waals surface area contributed by atoms with Crippen LogP contribution in [0.15, 0.2) is 47.8 Å². The zero-order valence-electron chi connectivity index (χ0n) is 12.3. The molecule has 2 aromatic rings. The van der Waals surface area contributed by atoms with Crippen LogP contribution in [0.5, 0.6) is 5.75 Å². The predicted molar refractivity (Wildman–Crippen MR) is 80.3 cm³/mol. The number of nitrogens with zero attached hydrogens (tertiary/aromatic N) is 3. The first-order chi connectivity index (χ1) is 10.9. The van der Waals surface area contributed by atoms with Gasteiger partial charge in [-0.1, -0.05) is 6.07 Å². The van der Waals surface area contributed by atoms with Crippen molar-refractivity contribution in [3.63, 3.8) is 0 Å². The quantitative estimate of drug-likeness (QED) is 0.794. The van der Waals surface area contributed by atoms with Crippen molar-refractivity contribution in [3.8, 4) is 5.75 Å². The van der Waals surface area contributed by atoms with Gasteiger partial charge < -0.3 is 9.84 Å². The van der Waals surface area contributed by atoms with Gasteiger partial charge in [-0.25, -0.2) is 8.42 Å². The standard InChI is InChI=1S/C14H15N3O5S/c1-22-12-6-13(8-15-7-12)23(20,21)17(10-14(18)19)9-11-4-2-3-5-16-11/h2-8H,9-10H2,1H3,(H,18,19). The molecule has 0 fully saturated rings. The fraction of sp³-hybridized carbons (Fsp3) is 0.214. The number of rotatable bonds is 7. The van der Waals surface area contributed by atoms with E-state index in [1.807, 2.05) is 0 Å². The summed E-state index contributed by atoms with van der Waals surface area (Å²) < 4.78 is 31.1. The van der Waals surface area contributed by atoms with Crippen LogP contribution in [0.3, 0.4) is 0 Å². The number of aliphatic carboxylic acids is 1.